The van der Waals surface area contributed by atoms with Gasteiger partial charge in [0.15, 0.2) is 6.61 Å². The molecule has 0 aliphatic heterocycles. The summed E-state index contributed by atoms with van der Waals surface area (Å²) < 4.78 is 10.7. The number of ether oxygens (including phenoxy) is 2. The lowest BCUT2D eigenvalue weighted by Crippen LogP contribution is -2.36. The van der Waals surface area contributed by atoms with Crippen LogP contribution in [0, 0.1) is 20.8 Å². The smallest absolute Gasteiger partial charge is 0.258 e. The van der Waals surface area contributed by atoms with Crippen LogP contribution in [0.3, 0.4) is 0 Å². The summed E-state index contributed by atoms with van der Waals surface area (Å²) in [6.07, 6.45) is 0. The summed E-state index contributed by atoms with van der Waals surface area (Å²) in [5.74, 6) is 0.660. The van der Waals surface area contributed by atoms with Crippen molar-refractivity contribution in [3.05, 3.63) is 53.1 Å². The number of nitrogens with one attached hydrogen (secondary N) is 2. The van der Waals surface area contributed by atoms with Crippen LogP contribution in [-0.4, -0.2) is 31.6 Å². The van der Waals surface area contributed by atoms with E-state index in [0.29, 0.717) is 12.4 Å². The first-order valence-corrected chi connectivity index (χ1v) is 8.89. The lowest BCUT2D eigenvalue weighted by atomic mass is 10.1. The third kappa shape index (κ3) is 6.33. The van der Waals surface area contributed by atoms with Crippen LogP contribution in [0.15, 0.2) is 36.4 Å². The molecule has 0 spiro atoms. The van der Waals surface area contributed by atoms with E-state index in [0.717, 1.165) is 28.1 Å². The first-order chi connectivity index (χ1) is 12.9. The monoisotopic (exact) mass is 370 g/mol. The van der Waals surface area contributed by atoms with Gasteiger partial charge in [-0.3, -0.25) is 9.59 Å². The number of benzene rings is 2. The fourth-order valence-electron chi connectivity index (χ4n) is 2.74. The van der Waals surface area contributed by atoms with Crippen LogP contribution in [0.4, 0.5) is 5.69 Å². The van der Waals surface area contributed by atoms with Crippen molar-refractivity contribution in [2.45, 2.75) is 27.7 Å². The topological polar surface area (TPSA) is 76.7 Å². The molecule has 2 N–H and O–H groups in total. The number of carbonyl (C=O) groups excluding carboxylic acids is 2. The summed E-state index contributed by atoms with van der Waals surface area (Å²) in [5.41, 5.74) is 3.91. The molecular formula is C21H26N2O4. The van der Waals surface area contributed by atoms with E-state index in [2.05, 4.69) is 10.6 Å². The Morgan fingerprint density at radius 1 is 0.889 bits per heavy atom. The Hall–Kier alpha value is -3.02. The fourth-order valence-corrected chi connectivity index (χ4v) is 2.74. The molecule has 2 rings (SSSR count). The molecule has 0 aliphatic carbocycles. The minimum atomic E-state index is -0.364. The van der Waals surface area contributed by atoms with E-state index < -0.39 is 0 Å². The molecule has 0 fully saturated rings. The predicted octanol–water partition coefficient (Wildman–Crippen LogP) is 3.14. The van der Waals surface area contributed by atoms with Crippen molar-refractivity contribution in [3.8, 4) is 11.5 Å². The van der Waals surface area contributed by atoms with E-state index >= 15 is 0 Å². The van der Waals surface area contributed by atoms with E-state index in [1.165, 1.54) is 0 Å². The highest BCUT2D eigenvalue weighted by Gasteiger charge is 2.10. The van der Waals surface area contributed by atoms with Crippen LogP contribution in [0.5, 0.6) is 11.5 Å². The van der Waals surface area contributed by atoms with Gasteiger partial charge in [-0.2, -0.15) is 0 Å². The van der Waals surface area contributed by atoms with E-state index in [-0.39, 0.29) is 25.0 Å². The molecule has 2 aromatic rings. The van der Waals surface area contributed by atoms with Gasteiger partial charge in [0.25, 0.3) is 5.91 Å². The highest BCUT2D eigenvalue weighted by atomic mass is 16.5. The van der Waals surface area contributed by atoms with Crippen LogP contribution in [0.1, 0.15) is 23.6 Å². The molecule has 2 aromatic carbocycles. The molecule has 6 heteroatoms. The van der Waals surface area contributed by atoms with Crippen LogP contribution in [0.2, 0.25) is 0 Å². The highest BCUT2D eigenvalue weighted by Crippen LogP contribution is 2.21. The number of hydrogen-bond acceptors (Lipinski definition) is 4. The van der Waals surface area contributed by atoms with Crippen molar-refractivity contribution in [1.82, 2.24) is 5.32 Å². The van der Waals surface area contributed by atoms with E-state index in [1.807, 2.05) is 39.8 Å². The van der Waals surface area contributed by atoms with Gasteiger partial charge in [0.05, 0.1) is 13.2 Å². The third-order valence-corrected chi connectivity index (χ3v) is 3.89. The van der Waals surface area contributed by atoms with Crippen molar-refractivity contribution in [1.29, 1.82) is 0 Å². The summed E-state index contributed by atoms with van der Waals surface area (Å²) in [5, 5.41) is 5.40. The molecule has 0 unspecified atom stereocenters. The maximum atomic E-state index is 12.1. The van der Waals surface area contributed by atoms with Gasteiger partial charge in [0, 0.05) is 5.69 Å². The summed E-state index contributed by atoms with van der Waals surface area (Å²) in [4.78, 5) is 24.0. The van der Waals surface area contributed by atoms with Crippen LogP contribution in [0.25, 0.3) is 0 Å². The molecule has 0 saturated carbocycles. The van der Waals surface area contributed by atoms with E-state index in [4.69, 9.17) is 9.47 Å². The molecular weight excluding hydrogens is 344 g/mol. The fraction of sp³-hybridized carbons (Fsp3) is 0.333. The second-order valence-corrected chi connectivity index (χ2v) is 6.29. The van der Waals surface area contributed by atoms with Crippen LogP contribution in [-0.2, 0) is 9.59 Å². The quantitative estimate of drug-likeness (QED) is 0.748. The van der Waals surface area contributed by atoms with Crippen molar-refractivity contribution in [3.63, 3.8) is 0 Å². The summed E-state index contributed by atoms with van der Waals surface area (Å²) in [6, 6.07) is 11.0. The Balaban J connectivity index is 1.77. The minimum Gasteiger partial charge on any atom is -0.494 e. The van der Waals surface area contributed by atoms with Gasteiger partial charge < -0.3 is 20.1 Å². The van der Waals surface area contributed by atoms with Crippen molar-refractivity contribution < 1.29 is 19.1 Å². The normalized spacial score (nSPS) is 10.2. The van der Waals surface area contributed by atoms with Gasteiger partial charge in [0.2, 0.25) is 5.91 Å². The standard InChI is InChI=1S/C21H26N2O4/c1-5-26-17-6-8-18(9-7-17)27-13-20(25)22-12-19(24)23-21-15(3)10-14(2)11-16(21)4/h6-11H,5,12-13H2,1-4H3,(H,22,25)(H,23,24). The first-order valence-electron chi connectivity index (χ1n) is 8.89. The number of aryl methyl sites for hydroxylation is 3. The van der Waals surface area contributed by atoms with Crippen LogP contribution >= 0.6 is 0 Å². The maximum Gasteiger partial charge on any atom is 0.258 e. The predicted molar refractivity (Wildman–Crippen MR) is 105 cm³/mol. The Morgan fingerprint density at radius 3 is 2.00 bits per heavy atom. The number of amides is 2. The third-order valence-electron chi connectivity index (χ3n) is 3.89. The summed E-state index contributed by atoms with van der Waals surface area (Å²) >= 11 is 0. The van der Waals surface area contributed by atoms with Gasteiger partial charge in [-0.1, -0.05) is 17.7 Å². The van der Waals surface area contributed by atoms with Gasteiger partial charge in [-0.05, 0) is 63.1 Å². The second-order valence-electron chi connectivity index (χ2n) is 6.29. The first kappa shape index (κ1) is 20.3. The SMILES string of the molecule is CCOc1ccc(OCC(=O)NCC(=O)Nc2c(C)cc(C)cc2C)cc1. The van der Waals surface area contributed by atoms with Crippen molar-refractivity contribution >= 4 is 17.5 Å². The average molecular weight is 370 g/mol. The molecule has 27 heavy (non-hydrogen) atoms. The molecule has 0 radical (unpaired) electrons. The maximum absolute atomic E-state index is 12.1. The number of anilines is 1. The van der Waals surface area contributed by atoms with Crippen molar-refractivity contribution in [2.75, 3.05) is 25.1 Å². The van der Waals surface area contributed by atoms with Gasteiger partial charge in [-0.25, -0.2) is 0 Å². The summed E-state index contributed by atoms with van der Waals surface area (Å²) in [6.45, 7) is 8.12. The minimum absolute atomic E-state index is 0.113. The molecule has 2 amide bonds. The zero-order valence-electron chi connectivity index (χ0n) is 16.2. The zero-order chi connectivity index (χ0) is 19.8. The number of carbonyl (C=O) groups is 2. The van der Waals surface area contributed by atoms with Crippen LogP contribution < -0.4 is 20.1 Å². The lowest BCUT2D eigenvalue weighted by Gasteiger charge is -2.13. The van der Waals surface area contributed by atoms with E-state index in [1.54, 1.807) is 24.3 Å². The number of hydrogen-bond donors (Lipinski definition) is 2. The Labute approximate surface area is 159 Å². The van der Waals surface area contributed by atoms with Crippen molar-refractivity contribution in [2.24, 2.45) is 0 Å². The molecule has 0 heterocycles. The van der Waals surface area contributed by atoms with Gasteiger partial charge >= 0.3 is 0 Å². The Bertz CT molecular complexity index is 777. The van der Waals surface area contributed by atoms with E-state index in [9.17, 15) is 9.59 Å². The molecule has 144 valence electrons. The molecule has 0 saturated heterocycles. The molecule has 0 atom stereocenters. The average Bonchev–Trinajstić information content (AvgIpc) is 2.62. The Morgan fingerprint density at radius 2 is 1.44 bits per heavy atom. The zero-order valence-corrected chi connectivity index (χ0v) is 16.2. The molecule has 0 bridgehead atoms. The largest absolute Gasteiger partial charge is 0.494 e. The lowest BCUT2D eigenvalue weighted by molar-refractivity contribution is -0.125. The molecule has 0 aliphatic rings. The highest BCUT2D eigenvalue weighted by molar-refractivity contribution is 5.95. The Kier molecular flexibility index (Phi) is 7.23. The molecule has 0 aromatic heterocycles. The number of rotatable bonds is 8. The second kappa shape index (κ2) is 9.62. The van der Waals surface area contributed by atoms with Gasteiger partial charge in [0.1, 0.15) is 11.5 Å². The van der Waals surface area contributed by atoms with Gasteiger partial charge in [-0.15, -0.1) is 0 Å². The molecule has 6 nitrogen and oxygen atoms in total. The summed E-state index contributed by atoms with van der Waals surface area (Å²) in [7, 11) is 0.